The Kier molecular flexibility index (Phi) is 5.99. The van der Waals surface area contributed by atoms with Gasteiger partial charge in [0.15, 0.2) is 5.17 Å². The highest BCUT2D eigenvalue weighted by Gasteiger charge is 2.34. The monoisotopic (exact) mass is 363 g/mol. The number of hydrogen-bond donors (Lipinski definition) is 0. The van der Waals surface area contributed by atoms with Gasteiger partial charge in [0, 0.05) is 26.3 Å². The fraction of sp³-hybridized carbons (Fsp3) is 0.579. The van der Waals surface area contributed by atoms with E-state index in [4.69, 9.17) is 4.99 Å². The van der Waals surface area contributed by atoms with Crippen molar-refractivity contribution in [3.05, 3.63) is 35.6 Å². The van der Waals surface area contributed by atoms with Crippen molar-refractivity contribution in [2.75, 3.05) is 12.8 Å². The van der Waals surface area contributed by atoms with Crippen LogP contribution in [0.1, 0.15) is 44.6 Å². The molecule has 1 heterocycles. The van der Waals surface area contributed by atoms with Gasteiger partial charge in [0.2, 0.25) is 5.91 Å². The molecule has 0 aromatic heterocycles. The van der Waals surface area contributed by atoms with E-state index < -0.39 is 0 Å². The van der Waals surface area contributed by atoms with Crippen molar-refractivity contribution in [3.63, 3.8) is 0 Å². The van der Waals surface area contributed by atoms with Gasteiger partial charge in [0.1, 0.15) is 12.0 Å². The number of aliphatic imine (C=N–C) groups is 1. The summed E-state index contributed by atoms with van der Waals surface area (Å²) in [4.78, 5) is 21.1. The molecular formula is C19H26FN3OS. The molecule has 1 amide bonds. The summed E-state index contributed by atoms with van der Waals surface area (Å²) in [6.07, 6.45) is 6.20. The normalized spacial score (nSPS) is 23.2. The lowest BCUT2D eigenvalue weighted by molar-refractivity contribution is -0.133. The molecule has 4 nitrogen and oxygen atoms in total. The Hall–Kier alpha value is -1.56. The van der Waals surface area contributed by atoms with Crippen LogP contribution in [0.4, 0.5) is 4.39 Å². The molecule has 136 valence electrons. The molecule has 1 aromatic carbocycles. The number of carbonyl (C=O) groups is 1. The standard InChI is InChI=1S/C19H26FN3OS/c1-14(24)23(12-15-8-10-16(20)11-9-15)18-13-25-19(22(18)2)21-17-6-4-3-5-7-17/h8-11,17-18H,3-7,12-13H2,1-2H3. The van der Waals surface area contributed by atoms with Crippen LogP contribution in [0.3, 0.4) is 0 Å². The molecule has 1 aliphatic carbocycles. The zero-order valence-corrected chi connectivity index (χ0v) is 15.8. The van der Waals surface area contributed by atoms with Crippen molar-refractivity contribution < 1.29 is 9.18 Å². The third-order valence-electron chi connectivity index (χ3n) is 5.01. The van der Waals surface area contributed by atoms with Crippen molar-refractivity contribution in [2.45, 2.75) is 57.8 Å². The maximum atomic E-state index is 13.1. The molecule has 3 rings (SSSR count). The van der Waals surface area contributed by atoms with Crippen LogP contribution in [-0.2, 0) is 11.3 Å². The molecule has 0 bridgehead atoms. The summed E-state index contributed by atoms with van der Waals surface area (Å²) in [6, 6.07) is 6.79. The summed E-state index contributed by atoms with van der Waals surface area (Å²) in [5.74, 6) is 0.595. The first-order valence-corrected chi connectivity index (χ1v) is 9.98. The maximum absolute atomic E-state index is 13.1. The Morgan fingerprint density at radius 2 is 1.96 bits per heavy atom. The molecular weight excluding hydrogens is 337 g/mol. The van der Waals surface area contributed by atoms with Crippen molar-refractivity contribution in [1.29, 1.82) is 0 Å². The minimum Gasteiger partial charge on any atom is -0.333 e. The molecule has 1 atom stereocenters. The zero-order chi connectivity index (χ0) is 17.8. The Balaban J connectivity index is 1.70. The fourth-order valence-electron chi connectivity index (χ4n) is 3.50. The van der Waals surface area contributed by atoms with Gasteiger partial charge in [0.25, 0.3) is 0 Å². The predicted molar refractivity (Wildman–Crippen MR) is 101 cm³/mol. The lowest BCUT2D eigenvalue weighted by atomic mass is 9.96. The number of nitrogens with zero attached hydrogens (tertiary/aromatic N) is 3. The maximum Gasteiger partial charge on any atom is 0.221 e. The molecule has 25 heavy (non-hydrogen) atoms. The average molecular weight is 364 g/mol. The van der Waals surface area contributed by atoms with Crippen LogP contribution in [0, 0.1) is 5.82 Å². The smallest absolute Gasteiger partial charge is 0.221 e. The van der Waals surface area contributed by atoms with Crippen molar-refractivity contribution in [3.8, 4) is 0 Å². The van der Waals surface area contributed by atoms with Gasteiger partial charge in [-0.05, 0) is 30.5 Å². The van der Waals surface area contributed by atoms with Gasteiger partial charge in [-0.3, -0.25) is 9.79 Å². The van der Waals surface area contributed by atoms with Gasteiger partial charge in [-0.15, -0.1) is 0 Å². The lowest BCUT2D eigenvalue weighted by Gasteiger charge is -2.33. The summed E-state index contributed by atoms with van der Waals surface area (Å²) in [5.41, 5.74) is 0.938. The second-order valence-electron chi connectivity index (χ2n) is 6.88. The Bertz CT molecular complexity index is 628. The second kappa shape index (κ2) is 8.21. The highest BCUT2D eigenvalue weighted by molar-refractivity contribution is 8.14. The van der Waals surface area contributed by atoms with E-state index in [-0.39, 0.29) is 17.9 Å². The van der Waals surface area contributed by atoms with Gasteiger partial charge in [-0.1, -0.05) is 43.2 Å². The highest BCUT2D eigenvalue weighted by Crippen LogP contribution is 2.29. The summed E-state index contributed by atoms with van der Waals surface area (Å²) in [5, 5.41) is 1.04. The SMILES string of the molecule is CC(=O)N(Cc1ccc(F)cc1)C1CSC(=NC2CCCCC2)N1C. The first kappa shape index (κ1) is 18.2. The van der Waals surface area contributed by atoms with Crippen molar-refractivity contribution in [1.82, 2.24) is 9.80 Å². The van der Waals surface area contributed by atoms with Gasteiger partial charge >= 0.3 is 0 Å². The summed E-state index contributed by atoms with van der Waals surface area (Å²) >= 11 is 1.73. The summed E-state index contributed by atoms with van der Waals surface area (Å²) in [6.45, 7) is 2.08. The fourth-order valence-corrected chi connectivity index (χ4v) is 4.75. The van der Waals surface area contributed by atoms with Crippen LogP contribution < -0.4 is 0 Å². The van der Waals surface area contributed by atoms with Gasteiger partial charge in [-0.2, -0.15) is 0 Å². The van der Waals surface area contributed by atoms with Crippen LogP contribution >= 0.6 is 11.8 Å². The molecule has 1 unspecified atom stereocenters. The van der Waals surface area contributed by atoms with E-state index in [1.54, 1.807) is 30.8 Å². The number of thioether (sulfide) groups is 1. The van der Waals surface area contributed by atoms with E-state index in [0.717, 1.165) is 16.5 Å². The molecule has 0 N–H and O–H groups in total. The van der Waals surface area contributed by atoms with E-state index >= 15 is 0 Å². The third kappa shape index (κ3) is 4.54. The van der Waals surface area contributed by atoms with E-state index in [0.29, 0.717) is 12.6 Å². The second-order valence-corrected chi connectivity index (χ2v) is 7.87. The molecule has 0 spiro atoms. The number of amidine groups is 1. The topological polar surface area (TPSA) is 35.9 Å². The molecule has 2 aliphatic rings. The van der Waals surface area contributed by atoms with E-state index in [1.807, 2.05) is 11.9 Å². The van der Waals surface area contributed by atoms with Gasteiger partial charge in [-0.25, -0.2) is 4.39 Å². The third-order valence-corrected chi connectivity index (χ3v) is 6.12. The largest absolute Gasteiger partial charge is 0.333 e. The molecule has 1 aliphatic heterocycles. The molecule has 1 saturated carbocycles. The number of benzene rings is 1. The van der Waals surface area contributed by atoms with Crippen LogP contribution in [0.2, 0.25) is 0 Å². The Labute approximate surface area is 153 Å². The van der Waals surface area contributed by atoms with Crippen LogP contribution in [-0.4, -0.2) is 45.9 Å². The number of carbonyl (C=O) groups excluding carboxylic acids is 1. The van der Waals surface area contributed by atoms with Gasteiger partial charge < -0.3 is 9.80 Å². The molecule has 1 saturated heterocycles. The predicted octanol–water partition coefficient (Wildman–Crippen LogP) is 3.87. The summed E-state index contributed by atoms with van der Waals surface area (Å²) in [7, 11) is 2.02. The van der Waals surface area contributed by atoms with Crippen molar-refractivity contribution >= 4 is 22.8 Å². The number of halogens is 1. The first-order chi connectivity index (χ1) is 12.0. The van der Waals surface area contributed by atoms with E-state index in [1.165, 1.54) is 44.2 Å². The molecule has 1 aromatic rings. The Morgan fingerprint density at radius 1 is 1.28 bits per heavy atom. The van der Waals surface area contributed by atoms with Gasteiger partial charge in [0.05, 0.1) is 6.04 Å². The van der Waals surface area contributed by atoms with E-state index in [2.05, 4.69) is 4.90 Å². The number of rotatable bonds is 4. The lowest BCUT2D eigenvalue weighted by Crippen LogP contribution is -2.47. The number of hydrogen-bond acceptors (Lipinski definition) is 3. The van der Waals surface area contributed by atoms with Crippen LogP contribution in [0.5, 0.6) is 0 Å². The zero-order valence-electron chi connectivity index (χ0n) is 14.9. The quantitative estimate of drug-likeness (QED) is 0.815. The first-order valence-electron chi connectivity index (χ1n) is 8.99. The molecule has 0 radical (unpaired) electrons. The molecule has 6 heteroatoms. The minimum atomic E-state index is -0.256. The van der Waals surface area contributed by atoms with E-state index in [9.17, 15) is 9.18 Å². The average Bonchev–Trinajstić information content (AvgIpc) is 2.95. The number of amides is 1. The van der Waals surface area contributed by atoms with Crippen LogP contribution in [0.25, 0.3) is 0 Å². The van der Waals surface area contributed by atoms with Crippen molar-refractivity contribution in [2.24, 2.45) is 4.99 Å². The highest BCUT2D eigenvalue weighted by atomic mass is 32.2. The summed E-state index contributed by atoms with van der Waals surface area (Å²) < 4.78 is 13.1. The minimum absolute atomic E-state index is 0.00473. The molecule has 2 fully saturated rings. The van der Waals surface area contributed by atoms with Crippen LogP contribution in [0.15, 0.2) is 29.3 Å². The Morgan fingerprint density at radius 3 is 2.60 bits per heavy atom.